The highest BCUT2D eigenvalue weighted by atomic mass is 16.2. The van der Waals surface area contributed by atoms with Crippen LogP contribution < -0.4 is 10.6 Å². The molecule has 0 spiro atoms. The first kappa shape index (κ1) is 15.5. The van der Waals surface area contributed by atoms with Crippen LogP contribution in [0.2, 0.25) is 0 Å². The maximum atomic E-state index is 12.1. The van der Waals surface area contributed by atoms with E-state index in [1.54, 1.807) is 25.3 Å². The number of rotatable bonds is 4. The van der Waals surface area contributed by atoms with Crippen molar-refractivity contribution in [2.45, 2.75) is 52.0 Å². The van der Waals surface area contributed by atoms with Gasteiger partial charge < -0.3 is 10.6 Å². The summed E-state index contributed by atoms with van der Waals surface area (Å²) in [6, 6.07) is 3.00. The molecule has 0 saturated heterocycles. The second-order valence-electron chi connectivity index (χ2n) is 5.74. The van der Waals surface area contributed by atoms with E-state index in [-0.39, 0.29) is 17.7 Å². The maximum Gasteiger partial charge on any atom is 0.246 e. The van der Waals surface area contributed by atoms with Crippen LogP contribution in [0, 0.1) is 12.8 Å². The van der Waals surface area contributed by atoms with Gasteiger partial charge in [-0.3, -0.25) is 14.6 Å². The van der Waals surface area contributed by atoms with Crippen molar-refractivity contribution < 1.29 is 9.59 Å². The van der Waals surface area contributed by atoms with E-state index in [2.05, 4.69) is 15.6 Å². The number of nitrogens with zero attached hydrogens (tertiary/aromatic N) is 1. The summed E-state index contributed by atoms with van der Waals surface area (Å²) >= 11 is 0. The standard InChI is InChI=1S/C16H23N3O2/c1-11-10-14(8-9-17-11)19-15(20)12(2)18-16(21)13-6-4-3-5-7-13/h8-10,12-13H,3-7H2,1-2H3,(H,18,21)(H,17,19,20)/t12-/m0/s1. The third kappa shape index (κ3) is 4.55. The van der Waals surface area contributed by atoms with Gasteiger partial charge in [-0.25, -0.2) is 0 Å². The fraction of sp³-hybridized carbons (Fsp3) is 0.562. The Bertz CT molecular complexity index is 510. The lowest BCUT2D eigenvalue weighted by molar-refractivity contribution is -0.129. The molecule has 5 heteroatoms. The molecule has 2 N–H and O–H groups in total. The van der Waals surface area contributed by atoms with Gasteiger partial charge in [0.25, 0.3) is 0 Å². The van der Waals surface area contributed by atoms with Gasteiger partial charge in [-0.2, -0.15) is 0 Å². The van der Waals surface area contributed by atoms with E-state index in [9.17, 15) is 9.59 Å². The number of aromatic nitrogens is 1. The minimum absolute atomic E-state index is 0.00302. The van der Waals surface area contributed by atoms with Crippen molar-refractivity contribution in [3.05, 3.63) is 24.0 Å². The predicted molar refractivity (Wildman–Crippen MR) is 81.8 cm³/mol. The van der Waals surface area contributed by atoms with Crippen molar-refractivity contribution >= 4 is 17.5 Å². The first-order chi connectivity index (χ1) is 10.1. The highest BCUT2D eigenvalue weighted by Crippen LogP contribution is 2.23. The van der Waals surface area contributed by atoms with Gasteiger partial charge in [0.2, 0.25) is 11.8 Å². The Kier molecular flexibility index (Phi) is 5.31. The maximum absolute atomic E-state index is 12.1. The zero-order valence-corrected chi connectivity index (χ0v) is 12.7. The van der Waals surface area contributed by atoms with Gasteiger partial charge in [0, 0.05) is 23.5 Å². The van der Waals surface area contributed by atoms with E-state index in [4.69, 9.17) is 0 Å². The van der Waals surface area contributed by atoms with E-state index >= 15 is 0 Å². The Balaban J connectivity index is 1.85. The van der Waals surface area contributed by atoms with Crippen LogP contribution in [0.5, 0.6) is 0 Å². The monoisotopic (exact) mass is 289 g/mol. The molecule has 2 rings (SSSR count). The van der Waals surface area contributed by atoms with Crippen LogP contribution in [0.15, 0.2) is 18.3 Å². The molecule has 114 valence electrons. The molecule has 0 aromatic carbocycles. The number of hydrogen-bond acceptors (Lipinski definition) is 3. The lowest BCUT2D eigenvalue weighted by Gasteiger charge is -2.23. The van der Waals surface area contributed by atoms with E-state index in [0.29, 0.717) is 5.69 Å². The molecule has 1 aliphatic rings. The van der Waals surface area contributed by atoms with Crippen LogP contribution in [-0.2, 0) is 9.59 Å². The summed E-state index contributed by atoms with van der Waals surface area (Å²) in [6.07, 6.45) is 6.94. The molecule has 0 radical (unpaired) electrons. The number of amides is 2. The molecular formula is C16H23N3O2. The summed E-state index contributed by atoms with van der Waals surface area (Å²) < 4.78 is 0. The summed E-state index contributed by atoms with van der Waals surface area (Å²) in [6.45, 7) is 3.58. The summed E-state index contributed by atoms with van der Waals surface area (Å²) in [4.78, 5) is 28.3. The van der Waals surface area contributed by atoms with Crippen molar-refractivity contribution in [1.82, 2.24) is 10.3 Å². The number of nitrogens with one attached hydrogen (secondary N) is 2. The summed E-state index contributed by atoms with van der Waals surface area (Å²) in [5.74, 6) is -0.134. The first-order valence-electron chi connectivity index (χ1n) is 7.60. The number of hydrogen-bond donors (Lipinski definition) is 2. The molecule has 2 amide bonds. The molecule has 5 nitrogen and oxygen atoms in total. The van der Waals surface area contributed by atoms with Crippen LogP contribution in [0.3, 0.4) is 0 Å². The molecule has 0 aliphatic heterocycles. The van der Waals surface area contributed by atoms with Gasteiger partial charge in [-0.05, 0) is 38.8 Å². The Morgan fingerprint density at radius 3 is 2.67 bits per heavy atom. The van der Waals surface area contributed by atoms with Gasteiger partial charge in [0.05, 0.1) is 0 Å². The summed E-state index contributed by atoms with van der Waals surface area (Å²) in [5, 5.41) is 5.61. The van der Waals surface area contributed by atoms with Crippen LogP contribution in [-0.4, -0.2) is 22.8 Å². The van der Waals surface area contributed by atoms with Crippen molar-refractivity contribution in [3.63, 3.8) is 0 Å². The molecule has 1 aliphatic carbocycles. The number of carbonyl (C=O) groups excluding carboxylic acids is 2. The fourth-order valence-electron chi connectivity index (χ4n) is 2.64. The van der Waals surface area contributed by atoms with Gasteiger partial charge >= 0.3 is 0 Å². The fourth-order valence-corrected chi connectivity index (χ4v) is 2.64. The average molecular weight is 289 g/mol. The predicted octanol–water partition coefficient (Wildman–Crippen LogP) is 2.41. The van der Waals surface area contributed by atoms with Crippen LogP contribution in [0.1, 0.15) is 44.7 Å². The summed E-state index contributed by atoms with van der Waals surface area (Å²) in [5.41, 5.74) is 1.54. The van der Waals surface area contributed by atoms with Crippen molar-refractivity contribution in [2.24, 2.45) is 5.92 Å². The third-order valence-electron chi connectivity index (χ3n) is 3.89. The number of pyridine rings is 1. The first-order valence-corrected chi connectivity index (χ1v) is 7.60. The van der Waals surface area contributed by atoms with E-state index < -0.39 is 6.04 Å². The smallest absolute Gasteiger partial charge is 0.246 e. The van der Waals surface area contributed by atoms with Crippen molar-refractivity contribution in [2.75, 3.05) is 5.32 Å². The number of carbonyl (C=O) groups is 2. The Labute approximate surface area is 125 Å². The molecule has 1 heterocycles. The zero-order valence-electron chi connectivity index (χ0n) is 12.7. The summed E-state index contributed by atoms with van der Waals surface area (Å²) in [7, 11) is 0. The quantitative estimate of drug-likeness (QED) is 0.894. The van der Waals surface area contributed by atoms with Crippen molar-refractivity contribution in [1.29, 1.82) is 0 Å². The molecular weight excluding hydrogens is 266 g/mol. The van der Waals surface area contributed by atoms with Crippen LogP contribution in [0.25, 0.3) is 0 Å². The lowest BCUT2D eigenvalue weighted by Crippen LogP contribution is -2.44. The normalized spacial score (nSPS) is 17.0. The van der Waals surface area contributed by atoms with Gasteiger partial charge in [0.1, 0.15) is 6.04 Å². The Morgan fingerprint density at radius 2 is 2.00 bits per heavy atom. The molecule has 1 aromatic heterocycles. The largest absolute Gasteiger partial charge is 0.344 e. The molecule has 0 unspecified atom stereocenters. The highest BCUT2D eigenvalue weighted by molar-refractivity contribution is 5.97. The topological polar surface area (TPSA) is 71.1 Å². The Hall–Kier alpha value is -1.91. The van der Waals surface area contributed by atoms with Gasteiger partial charge in [-0.1, -0.05) is 19.3 Å². The Morgan fingerprint density at radius 1 is 1.29 bits per heavy atom. The SMILES string of the molecule is Cc1cc(NC(=O)[C@H](C)NC(=O)C2CCCCC2)ccn1. The molecule has 1 fully saturated rings. The minimum atomic E-state index is -0.534. The van der Waals surface area contributed by atoms with Crippen molar-refractivity contribution in [3.8, 4) is 0 Å². The van der Waals surface area contributed by atoms with Gasteiger partial charge in [0.15, 0.2) is 0 Å². The molecule has 1 saturated carbocycles. The molecule has 1 aromatic rings. The van der Waals surface area contributed by atoms with E-state index in [0.717, 1.165) is 31.4 Å². The van der Waals surface area contributed by atoms with Crippen LogP contribution >= 0.6 is 0 Å². The van der Waals surface area contributed by atoms with E-state index in [1.807, 2.05) is 6.92 Å². The van der Waals surface area contributed by atoms with Gasteiger partial charge in [-0.15, -0.1) is 0 Å². The number of anilines is 1. The second kappa shape index (κ2) is 7.20. The highest BCUT2D eigenvalue weighted by Gasteiger charge is 2.24. The number of aryl methyl sites for hydroxylation is 1. The molecule has 1 atom stereocenters. The second-order valence-corrected chi connectivity index (χ2v) is 5.74. The lowest BCUT2D eigenvalue weighted by atomic mass is 9.88. The van der Waals surface area contributed by atoms with E-state index in [1.165, 1.54) is 6.42 Å². The molecule has 0 bridgehead atoms. The zero-order chi connectivity index (χ0) is 15.2. The minimum Gasteiger partial charge on any atom is -0.344 e. The van der Waals surface area contributed by atoms with Crippen LogP contribution in [0.4, 0.5) is 5.69 Å². The molecule has 21 heavy (non-hydrogen) atoms. The average Bonchev–Trinajstić information content (AvgIpc) is 2.48. The third-order valence-corrected chi connectivity index (χ3v) is 3.89.